The number of carboxylic acid groups (broad SMARTS) is 1. The molecule has 9 heteroatoms. The van der Waals surface area contributed by atoms with Crippen molar-refractivity contribution in [1.82, 2.24) is 0 Å². The molecule has 2 unspecified atom stereocenters. The fraction of sp³-hybridized carbons (Fsp3) is 0.722. The number of rotatable bonds is 45. The van der Waals surface area contributed by atoms with Gasteiger partial charge in [0.2, 0.25) is 0 Å². The SMILES string of the molecule is CC/C=C\C/C=C\C/C=C\C/C=C\CCCCCCCCCCC(=O)OC(COC(=O)CCCCCCCCC/C=C\C/C=C\CCCCC)COC(OCC[N+](C)(C)C)C(=O)O. The standard InChI is InChI=1S/C54H93NO8/c1-6-8-10-12-14-16-18-20-22-24-25-26-27-29-31-33-35-37-39-41-43-45-52(57)63-50(49-62-54(53(58)59)60-47-46-55(3,4)5)48-61-51(56)44-42-40-38-36-34-32-30-28-23-21-19-17-15-13-11-9-7-2/h8,10,14-17,20-23,25-26,50,54H,6-7,9,11-13,18-19,24,27-49H2,1-5H3/p+1/b10-8-,16-14-,17-15-,22-20-,23-21-,26-25-. The highest BCUT2D eigenvalue weighted by molar-refractivity contribution is 5.71. The normalized spacial score (nSPS) is 13.5. The van der Waals surface area contributed by atoms with E-state index < -0.39 is 24.3 Å². The van der Waals surface area contributed by atoms with Gasteiger partial charge in [-0.3, -0.25) is 9.59 Å². The number of nitrogens with zero attached hydrogens (tertiary/aromatic N) is 1. The molecule has 1 N–H and O–H groups in total. The van der Waals surface area contributed by atoms with E-state index >= 15 is 0 Å². The maximum atomic E-state index is 12.8. The second-order valence-corrected chi connectivity index (χ2v) is 17.7. The van der Waals surface area contributed by atoms with Gasteiger partial charge < -0.3 is 28.5 Å². The number of carboxylic acids is 1. The van der Waals surface area contributed by atoms with E-state index in [4.69, 9.17) is 18.9 Å². The van der Waals surface area contributed by atoms with Gasteiger partial charge in [0.05, 0.1) is 34.4 Å². The predicted molar refractivity (Wildman–Crippen MR) is 263 cm³/mol. The van der Waals surface area contributed by atoms with Gasteiger partial charge in [0, 0.05) is 12.8 Å². The number of hydrogen-bond donors (Lipinski definition) is 1. The van der Waals surface area contributed by atoms with E-state index in [1.54, 1.807) is 0 Å². The molecule has 0 aromatic heterocycles. The average molecular weight is 885 g/mol. The Bertz CT molecular complexity index is 1260. The first-order valence-electron chi connectivity index (χ1n) is 25.1. The quantitative estimate of drug-likeness (QED) is 0.0212. The Balaban J connectivity index is 4.39. The number of esters is 2. The van der Waals surface area contributed by atoms with Crippen molar-refractivity contribution in [3.05, 3.63) is 72.9 Å². The largest absolute Gasteiger partial charge is 0.477 e. The van der Waals surface area contributed by atoms with Crippen LogP contribution in [0.5, 0.6) is 0 Å². The molecule has 0 radical (unpaired) electrons. The van der Waals surface area contributed by atoms with Gasteiger partial charge in [-0.15, -0.1) is 0 Å². The van der Waals surface area contributed by atoms with E-state index in [2.05, 4.69) is 86.8 Å². The van der Waals surface area contributed by atoms with Gasteiger partial charge in [0.15, 0.2) is 6.10 Å². The summed E-state index contributed by atoms with van der Waals surface area (Å²) in [5, 5.41) is 9.67. The van der Waals surface area contributed by atoms with Gasteiger partial charge in [0.25, 0.3) is 6.29 Å². The third-order valence-electron chi connectivity index (χ3n) is 10.4. The third kappa shape index (κ3) is 46.5. The van der Waals surface area contributed by atoms with Gasteiger partial charge in [-0.25, -0.2) is 4.79 Å². The third-order valence-corrected chi connectivity index (χ3v) is 10.4. The summed E-state index contributed by atoms with van der Waals surface area (Å²) in [6.45, 7) is 4.71. The van der Waals surface area contributed by atoms with E-state index in [0.717, 1.165) is 89.9 Å². The van der Waals surface area contributed by atoms with Crippen molar-refractivity contribution in [2.75, 3.05) is 47.5 Å². The Kier molecular flexibility index (Phi) is 43.0. The van der Waals surface area contributed by atoms with Crippen LogP contribution in [0.15, 0.2) is 72.9 Å². The molecule has 2 atom stereocenters. The second kappa shape index (κ2) is 45.3. The minimum atomic E-state index is -1.52. The zero-order chi connectivity index (χ0) is 46.3. The first-order chi connectivity index (χ1) is 30.6. The first kappa shape index (κ1) is 59.7. The van der Waals surface area contributed by atoms with E-state index in [1.807, 2.05) is 21.1 Å². The summed E-state index contributed by atoms with van der Waals surface area (Å²) in [4.78, 5) is 37.3. The second-order valence-electron chi connectivity index (χ2n) is 17.7. The van der Waals surface area contributed by atoms with Crippen LogP contribution >= 0.6 is 0 Å². The molecule has 0 bridgehead atoms. The fourth-order valence-corrected chi connectivity index (χ4v) is 6.56. The summed E-state index contributed by atoms with van der Waals surface area (Å²) >= 11 is 0. The lowest BCUT2D eigenvalue weighted by atomic mass is 10.1. The van der Waals surface area contributed by atoms with Gasteiger partial charge in [-0.2, -0.15) is 0 Å². The fourth-order valence-electron chi connectivity index (χ4n) is 6.56. The van der Waals surface area contributed by atoms with Crippen molar-refractivity contribution in [3.63, 3.8) is 0 Å². The summed E-state index contributed by atoms with van der Waals surface area (Å²) in [7, 11) is 5.95. The number of hydrogen-bond acceptors (Lipinski definition) is 7. The van der Waals surface area contributed by atoms with Crippen molar-refractivity contribution >= 4 is 17.9 Å². The molecule has 0 aromatic carbocycles. The number of carbonyl (C=O) groups is 3. The molecule has 0 rings (SSSR count). The first-order valence-corrected chi connectivity index (χ1v) is 25.1. The van der Waals surface area contributed by atoms with Crippen molar-refractivity contribution in [2.24, 2.45) is 0 Å². The number of quaternary nitrogens is 1. The maximum absolute atomic E-state index is 12.8. The lowest BCUT2D eigenvalue weighted by molar-refractivity contribution is -0.870. The Hall–Kier alpha value is -3.27. The maximum Gasteiger partial charge on any atom is 0.361 e. The summed E-state index contributed by atoms with van der Waals surface area (Å²) in [5.41, 5.74) is 0. The molecular weight excluding hydrogens is 791 g/mol. The molecule has 0 aromatic rings. The van der Waals surface area contributed by atoms with Crippen LogP contribution in [-0.2, 0) is 33.3 Å². The molecule has 0 aliphatic heterocycles. The topological polar surface area (TPSA) is 108 Å². The molecule has 0 aliphatic carbocycles. The summed E-state index contributed by atoms with van der Waals surface area (Å²) in [5.74, 6) is -2.03. The van der Waals surface area contributed by atoms with Crippen LogP contribution in [0.25, 0.3) is 0 Å². The van der Waals surface area contributed by atoms with E-state index in [-0.39, 0.29) is 38.6 Å². The summed E-state index contributed by atoms with van der Waals surface area (Å²) < 4.78 is 22.8. The molecule has 0 saturated heterocycles. The van der Waals surface area contributed by atoms with Crippen LogP contribution in [0.4, 0.5) is 0 Å². The van der Waals surface area contributed by atoms with Crippen molar-refractivity contribution < 1.29 is 42.9 Å². The van der Waals surface area contributed by atoms with Crippen molar-refractivity contribution in [2.45, 2.75) is 206 Å². The van der Waals surface area contributed by atoms with E-state index in [9.17, 15) is 19.5 Å². The van der Waals surface area contributed by atoms with Crippen LogP contribution in [0.1, 0.15) is 194 Å². The Morgan fingerprint density at radius 2 is 0.905 bits per heavy atom. The summed E-state index contributed by atoms with van der Waals surface area (Å²) in [6.07, 6.45) is 53.8. The Morgan fingerprint density at radius 1 is 0.492 bits per heavy atom. The van der Waals surface area contributed by atoms with Crippen LogP contribution in [0.3, 0.4) is 0 Å². The van der Waals surface area contributed by atoms with Crippen LogP contribution in [0, 0.1) is 0 Å². The van der Waals surface area contributed by atoms with E-state index in [0.29, 0.717) is 17.4 Å². The van der Waals surface area contributed by atoms with Crippen molar-refractivity contribution in [3.8, 4) is 0 Å². The van der Waals surface area contributed by atoms with Crippen LogP contribution < -0.4 is 0 Å². The minimum Gasteiger partial charge on any atom is -0.477 e. The molecule has 0 saturated carbocycles. The van der Waals surface area contributed by atoms with Gasteiger partial charge in [0.1, 0.15) is 13.2 Å². The lowest BCUT2D eigenvalue weighted by Gasteiger charge is -2.25. The molecular formula is C54H94NO8+. The molecule has 0 amide bonds. The molecule has 0 fully saturated rings. The monoisotopic (exact) mass is 885 g/mol. The highest BCUT2D eigenvalue weighted by Crippen LogP contribution is 2.14. The highest BCUT2D eigenvalue weighted by Gasteiger charge is 2.25. The molecule has 362 valence electrons. The number of likely N-dealkylation sites (N-methyl/N-ethyl adjacent to an activating group) is 1. The predicted octanol–water partition coefficient (Wildman–Crippen LogP) is 13.9. The molecule has 0 aliphatic rings. The number of allylic oxidation sites excluding steroid dienone is 12. The van der Waals surface area contributed by atoms with Gasteiger partial charge >= 0.3 is 17.9 Å². The number of aliphatic carboxylic acids is 1. The van der Waals surface area contributed by atoms with Gasteiger partial charge in [-0.1, -0.05) is 170 Å². The smallest absolute Gasteiger partial charge is 0.361 e. The zero-order valence-corrected chi connectivity index (χ0v) is 41.0. The number of unbranched alkanes of at least 4 members (excludes halogenated alkanes) is 18. The Morgan fingerprint density at radius 3 is 1.35 bits per heavy atom. The van der Waals surface area contributed by atoms with Gasteiger partial charge in [-0.05, 0) is 83.5 Å². The zero-order valence-electron chi connectivity index (χ0n) is 41.0. The molecule has 9 nitrogen and oxygen atoms in total. The highest BCUT2D eigenvalue weighted by atomic mass is 16.7. The molecule has 63 heavy (non-hydrogen) atoms. The van der Waals surface area contributed by atoms with Crippen LogP contribution in [0.2, 0.25) is 0 Å². The van der Waals surface area contributed by atoms with E-state index in [1.165, 1.54) is 70.6 Å². The lowest BCUT2D eigenvalue weighted by Crippen LogP contribution is -2.40. The number of ether oxygens (including phenoxy) is 4. The van der Waals surface area contributed by atoms with Crippen molar-refractivity contribution in [1.29, 1.82) is 0 Å². The average Bonchev–Trinajstić information content (AvgIpc) is 3.24. The number of carbonyl (C=O) groups excluding carboxylic acids is 2. The van der Waals surface area contributed by atoms with Crippen LogP contribution in [-0.4, -0.2) is 87.4 Å². The Labute approximate surface area is 386 Å². The summed E-state index contributed by atoms with van der Waals surface area (Å²) in [6, 6.07) is 0. The molecule has 0 spiro atoms. The minimum absolute atomic E-state index is 0.181. The molecule has 0 heterocycles.